The van der Waals surface area contributed by atoms with Gasteiger partial charge in [0.1, 0.15) is 11.6 Å². The number of aromatic nitrogens is 1. The number of anilines is 2. The summed E-state index contributed by atoms with van der Waals surface area (Å²) in [5, 5.41) is 10.7. The lowest BCUT2D eigenvalue weighted by molar-refractivity contribution is -0.0807. The van der Waals surface area contributed by atoms with Crippen molar-refractivity contribution in [3.63, 3.8) is 0 Å². The van der Waals surface area contributed by atoms with E-state index in [1.807, 2.05) is 30.3 Å². The van der Waals surface area contributed by atoms with Crippen molar-refractivity contribution >= 4 is 11.5 Å². The Morgan fingerprint density at radius 2 is 1.86 bits per heavy atom. The van der Waals surface area contributed by atoms with Gasteiger partial charge in [-0.2, -0.15) is 0 Å². The second-order valence-corrected chi connectivity index (χ2v) is 10.2. The predicted molar refractivity (Wildman–Crippen MR) is 142 cm³/mol. The molecule has 8 heteroatoms. The van der Waals surface area contributed by atoms with Crippen LogP contribution in [-0.2, 0) is 14.2 Å². The maximum absolute atomic E-state index is 14.8. The Bertz CT molecular complexity index is 962. The number of nitrogens with zero attached hydrogens (tertiary/aromatic N) is 1. The number of ether oxygens (including phenoxy) is 3. The van der Waals surface area contributed by atoms with Crippen LogP contribution in [0.1, 0.15) is 45.4 Å². The Hall–Kier alpha value is -2.26. The van der Waals surface area contributed by atoms with Crippen molar-refractivity contribution in [3.05, 3.63) is 42.3 Å². The summed E-state index contributed by atoms with van der Waals surface area (Å²) in [6, 6.07) is 10.9. The Labute approximate surface area is 214 Å². The average molecular weight is 501 g/mol. The second kappa shape index (κ2) is 12.8. The summed E-state index contributed by atoms with van der Waals surface area (Å²) >= 11 is 0. The molecule has 1 saturated heterocycles. The third-order valence-electron chi connectivity index (χ3n) is 7.50. The van der Waals surface area contributed by atoms with E-state index in [0.29, 0.717) is 43.4 Å². The Balaban J connectivity index is 1.37. The summed E-state index contributed by atoms with van der Waals surface area (Å²) in [7, 11) is 3.49. The minimum Gasteiger partial charge on any atom is -0.383 e. The monoisotopic (exact) mass is 500 g/mol. The molecule has 7 nitrogen and oxygen atoms in total. The molecule has 198 valence electrons. The van der Waals surface area contributed by atoms with Crippen LogP contribution < -0.4 is 16.0 Å². The van der Waals surface area contributed by atoms with Gasteiger partial charge in [0.2, 0.25) is 0 Å². The molecule has 1 aliphatic carbocycles. The SMILES string of the molecule is COC[C@@H](C)NC1CCC(Nc2cc(-c3cccc(NCC4(OC)CCOCC4)c3)c(F)cn2)CC1. The standard InChI is InChI=1S/C28H41FN4O3/c1-20(18-34-2)32-22-7-9-23(10-8-22)33-27-16-25(26(29)17-30-27)21-5-4-6-24(15-21)31-19-28(35-3)11-13-36-14-12-28/h4-6,15-17,20,22-23,31-32H,7-14,18-19H2,1-3H3,(H,30,33)/t20-,22?,23?/m1/s1. The fraction of sp³-hybridized carbons (Fsp3) is 0.607. The van der Waals surface area contributed by atoms with Gasteiger partial charge >= 0.3 is 0 Å². The summed E-state index contributed by atoms with van der Waals surface area (Å²) in [6.45, 7) is 4.98. The molecular formula is C28H41FN4O3. The van der Waals surface area contributed by atoms with Crippen molar-refractivity contribution in [1.82, 2.24) is 10.3 Å². The van der Waals surface area contributed by atoms with Gasteiger partial charge in [-0.05, 0) is 56.4 Å². The van der Waals surface area contributed by atoms with Crippen LogP contribution >= 0.6 is 0 Å². The average Bonchev–Trinajstić information content (AvgIpc) is 2.90. The van der Waals surface area contributed by atoms with E-state index < -0.39 is 0 Å². The fourth-order valence-electron chi connectivity index (χ4n) is 5.31. The summed E-state index contributed by atoms with van der Waals surface area (Å²) in [6.07, 6.45) is 7.34. The van der Waals surface area contributed by atoms with Crippen molar-refractivity contribution in [2.45, 2.75) is 69.2 Å². The smallest absolute Gasteiger partial charge is 0.149 e. The van der Waals surface area contributed by atoms with E-state index in [9.17, 15) is 4.39 Å². The Morgan fingerprint density at radius 1 is 1.11 bits per heavy atom. The van der Waals surface area contributed by atoms with Crippen LogP contribution in [0.5, 0.6) is 0 Å². The number of methoxy groups -OCH3 is 2. The Kier molecular flexibility index (Phi) is 9.53. The van der Waals surface area contributed by atoms with Crippen LogP contribution in [0.25, 0.3) is 11.1 Å². The van der Waals surface area contributed by atoms with Crippen molar-refractivity contribution in [3.8, 4) is 11.1 Å². The molecular weight excluding hydrogens is 459 g/mol. The van der Waals surface area contributed by atoms with Gasteiger partial charge < -0.3 is 30.2 Å². The highest BCUT2D eigenvalue weighted by atomic mass is 19.1. The molecule has 2 heterocycles. The molecule has 2 aromatic rings. The zero-order chi connectivity index (χ0) is 25.4. The van der Waals surface area contributed by atoms with Crippen molar-refractivity contribution < 1.29 is 18.6 Å². The lowest BCUT2D eigenvalue weighted by Gasteiger charge is -2.36. The molecule has 1 aliphatic heterocycles. The largest absolute Gasteiger partial charge is 0.383 e. The molecule has 3 N–H and O–H groups in total. The van der Waals surface area contributed by atoms with Crippen molar-refractivity contribution in [2.75, 3.05) is 51.2 Å². The summed E-state index contributed by atoms with van der Waals surface area (Å²) in [5.74, 6) is 0.394. The number of pyridine rings is 1. The van der Waals surface area contributed by atoms with Gasteiger partial charge in [0, 0.05) is 76.2 Å². The van der Waals surface area contributed by atoms with Crippen LogP contribution in [0.4, 0.5) is 15.9 Å². The topological polar surface area (TPSA) is 76.7 Å². The van der Waals surface area contributed by atoms with Crippen LogP contribution in [-0.4, -0.2) is 69.3 Å². The third-order valence-corrected chi connectivity index (χ3v) is 7.50. The zero-order valence-electron chi connectivity index (χ0n) is 21.8. The number of halogens is 1. The number of benzene rings is 1. The lowest BCUT2D eigenvalue weighted by Crippen LogP contribution is -2.44. The van der Waals surface area contributed by atoms with Gasteiger partial charge in [-0.15, -0.1) is 0 Å². The quantitative estimate of drug-likeness (QED) is 0.407. The normalized spacial score (nSPS) is 22.7. The molecule has 2 fully saturated rings. The first-order valence-corrected chi connectivity index (χ1v) is 13.1. The molecule has 0 radical (unpaired) electrons. The predicted octanol–water partition coefficient (Wildman–Crippen LogP) is 4.84. The van der Waals surface area contributed by atoms with Crippen LogP contribution in [0.15, 0.2) is 36.5 Å². The summed E-state index contributed by atoms with van der Waals surface area (Å²) < 4.78 is 31.4. The van der Waals surface area contributed by atoms with Gasteiger partial charge in [0.05, 0.1) is 18.4 Å². The van der Waals surface area contributed by atoms with Gasteiger partial charge in [-0.1, -0.05) is 12.1 Å². The van der Waals surface area contributed by atoms with Crippen molar-refractivity contribution in [2.24, 2.45) is 0 Å². The lowest BCUT2D eigenvalue weighted by atomic mass is 9.90. The van der Waals surface area contributed by atoms with Gasteiger partial charge in [0.25, 0.3) is 0 Å². The number of hydrogen-bond donors (Lipinski definition) is 3. The first-order chi connectivity index (χ1) is 17.5. The molecule has 1 aromatic carbocycles. The molecule has 0 unspecified atom stereocenters. The maximum atomic E-state index is 14.8. The molecule has 1 aromatic heterocycles. The highest BCUT2D eigenvalue weighted by molar-refractivity contribution is 5.70. The molecule has 2 aliphatic rings. The van der Waals surface area contributed by atoms with Crippen LogP contribution in [0.3, 0.4) is 0 Å². The van der Waals surface area contributed by atoms with E-state index in [-0.39, 0.29) is 11.4 Å². The van der Waals surface area contributed by atoms with E-state index in [4.69, 9.17) is 14.2 Å². The molecule has 0 bridgehead atoms. The molecule has 1 saturated carbocycles. The number of hydrogen-bond acceptors (Lipinski definition) is 7. The molecule has 1 atom stereocenters. The highest BCUT2D eigenvalue weighted by Gasteiger charge is 2.32. The summed E-state index contributed by atoms with van der Waals surface area (Å²) in [4.78, 5) is 4.33. The van der Waals surface area contributed by atoms with E-state index in [2.05, 4.69) is 27.9 Å². The van der Waals surface area contributed by atoms with E-state index in [1.165, 1.54) is 6.20 Å². The fourth-order valence-corrected chi connectivity index (χ4v) is 5.31. The van der Waals surface area contributed by atoms with Gasteiger partial charge in [-0.3, -0.25) is 0 Å². The number of nitrogens with one attached hydrogen (secondary N) is 3. The zero-order valence-corrected chi connectivity index (χ0v) is 21.8. The summed E-state index contributed by atoms with van der Waals surface area (Å²) in [5.41, 5.74) is 2.08. The van der Waals surface area contributed by atoms with E-state index >= 15 is 0 Å². The Morgan fingerprint density at radius 3 is 2.58 bits per heavy atom. The van der Waals surface area contributed by atoms with Crippen molar-refractivity contribution in [1.29, 1.82) is 0 Å². The minimum atomic E-state index is -0.324. The van der Waals surface area contributed by atoms with Gasteiger partial charge in [0.15, 0.2) is 0 Å². The molecule has 4 rings (SSSR count). The van der Waals surface area contributed by atoms with E-state index in [0.717, 1.165) is 62.2 Å². The van der Waals surface area contributed by atoms with Crippen LogP contribution in [0, 0.1) is 5.82 Å². The first-order valence-electron chi connectivity index (χ1n) is 13.1. The maximum Gasteiger partial charge on any atom is 0.149 e. The second-order valence-electron chi connectivity index (χ2n) is 10.2. The first kappa shape index (κ1) is 26.8. The minimum absolute atomic E-state index is 0.233. The molecule has 0 spiro atoms. The number of rotatable bonds is 11. The molecule has 36 heavy (non-hydrogen) atoms. The van der Waals surface area contributed by atoms with Gasteiger partial charge in [-0.25, -0.2) is 9.37 Å². The highest BCUT2D eigenvalue weighted by Crippen LogP contribution is 2.30. The third kappa shape index (κ3) is 7.16. The van der Waals surface area contributed by atoms with E-state index in [1.54, 1.807) is 14.2 Å². The van der Waals surface area contributed by atoms with Crippen LogP contribution in [0.2, 0.25) is 0 Å². The molecule has 0 amide bonds.